The van der Waals surface area contributed by atoms with Crippen LogP contribution in [0.3, 0.4) is 0 Å². The minimum Gasteiger partial charge on any atom is -0.370 e. The summed E-state index contributed by atoms with van der Waals surface area (Å²) in [6.45, 7) is 6.26. The fourth-order valence-electron chi connectivity index (χ4n) is 1.84. The molecule has 2 nitrogen and oxygen atoms in total. The zero-order valence-electron chi connectivity index (χ0n) is 9.96. The number of hydrogen-bond donors (Lipinski definition) is 1. The van der Waals surface area contributed by atoms with Gasteiger partial charge in [-0.05, 0) is 23.0 Å². The second-order valence-electron chi connectivity index (χ2n) is 5.11. The van der Waals surface area contributed by atoms with E-state index in [2.05, 4.69) is 20.8 Å². The number of amides is 1. The van der Waals surface area contributed by atoms with Crippen molar-refractivity contribution in [2.75, 3.05) is 0 Å². The first-order valence-corrected chi connectivity index (χ1v) is 5.73. The summed E-state index contributed by atoms with van der Waals surface area (Å²) >= 11 is 6.16. The maximum atomic E-state index is 11.1. The van der Waals surface area contributed by atoms with Gasteiger partial charge < -0.3 is 5.73 Å². The van der Waals surface area contributed by atoms with E-state index in [1.54, 1.807) is 0 Å². The van der Waals surface area contributed by atoms with Gasteiger partial charge in [-0.15, -0.1) is 0 Å². The second kappa shape index (κ2) is 4.88. The summed E-state index contributed by atoms with van der Waals surface area (Å²) in [5, 5.41) is 0.698. The molecule has 1 aromatic rings. The predicted molar refractivity (Wildman–Crippen MR) is 67.5 cm³/mol. The van der Waals surface area contributed by atoms with E-state index in [1.807, 2.05) is 24.3 Å². The molecule has 3 heteroatoms. The third-order valence-electron chi connectivity index (χ3n) is 2.73. The van der Waals surface area contributed by atoms with Gasteiger partial charge in [0.25, 0.3) is 0 Å². The van der Waals surface area contributed by atoms with Gasteiger partial charge in [-0.2, -0.15) is 0 Å². The van der Waals surface area contributed by atoms with Gasteiger partial charge in [0.05, 0.1) is 0 Å². The third-order valence-corrected chi connectivity index (χ3v) is 3.08. The van der Waals surface area contributed by atoms with Crippen LogP contribution in [0.15, 0.2) is 24.3 Å². The second-order valence-corrected chi connectivity index (χ2v) is 5.52. The van der Waals surface area contributed by atoms with Crippen molar-refractivity contribution in [2.45, 2.75) is 33.1 Å². The zero-order valence-corrected chi connectivity index (χ0v) is 10.7. The summed E-state index contributed by atoms with van der Waals surface area (Å²) in [7, 11) is 0. The molecule has 0 bridgehead atoms. The Balaban J connectivity index is 3.12. The first kappa shape index (κ1) is 13.0. The van der Waals surface area contributed by atoms with Crippen molar-refractivity contribution in [3.8, 4) is 0 Å². The summed E-state index contributed by atoms with van der Waals surface area (Å²) in [6.07, 6.45) is 0.327. The Kier molecular flexibility index (Phi) is 3.98. The molecule has 0 aromatic heterocycles. The van der Waals surface area contributed by atoms with Gasteiger partial charge in [-0.25, -0.2) is 0 Å². The Morgan fingerprint density at radius 1 is 1.38 bits per heavy atom. The largest absolute Gasteiger partial charge is 0.370 e. The lowest BCUT2D eigenvalue weighted by Crippen LogP contribution is -2.25. The smallest absolute Gasteiger partial charge is 0.218 e. The number of carbonyl (C=O) groups is 1. The van der Waals surface area contributed by atoms with E-state index in [0.717, 1.165) is 5.56 Å². The molecule has 1 unspecified atom stereocenters. The van der Waals surface area contributed by atoms with Crippen LogP contribution in [-0.2, 0) is 4.79 Å². The number of benzene rings is 1. The minimum atomic E-state index is -0.292. The van der Waals surface area contributed by atoms with E-state index in [4.69, 9.17) is 17.3 Å². The van der Waals surface area contributed by atoms with Crippen molar-refractivity contribution in [3.63, 3.8) is 0 Å². The SMILES string of the molecule is CC(C)(C)C(CC(N)=O)c1ccccc1Cl. The molecule has 0 aliphatic carbocycles. The molecule has 0 aliphatic heterocycles. The average molecular weight is 240 g/mol. The van der Waals surface area contributed by atoms with Crippen LogP contribution in [0.2, 0.25) is 5.02 Å². The van der Waals surface area contributed by atoms with Crippen LogP contribution in [-0.4, -0.2) is 5.91 Å². The van der Waals surface area contributed by atoms with Gasteiger partial charge in [0, 0.05) is 11.4 Å². The molecule has 16 heavy (non-hydrogen) atoms. The van der Waals surface area contributed by atoms with Crippen LogP contribution in [0.1, 0.15) is 38.7 Å². The summed E-state index contributed by atoms with van der Waals surface area (Å²) in [4.78, 5) is 11.1. The van der Waals surface area contributed by atoms with Gasteiger partial charge in [0.2, 0.25) is 5.91 Å². The van der Waals surface area contributed by atoms with E-state index in [1.165, 1.54) is 0 Å². The van der Waals surface area contributed by atoms with E-state index >= 15 is 0 Å². The number of halogens is 1. The molecule has 0 radical (unpaired) electrons. The highest BCUT2D eigenvalue weighted by atomic mass is 35.5. The molecule has 88 valence electrons. The normalized spacial score (nSPS) is 13.5. The molecular weight excluding hydrogens is 222 g/mol. The Labute approximate surface area is 102 Å². The summed E-state index contributed by atoms with van der Waals surface area (Å²) < 4.78 is 0. The first-order valence-electron chi connectivity index (χ1n) is 5.35. The molecule has 2 N–H and O–H groups in total. The third kappa shape index (κ3) is 3.24. The van der Waals surface area contributed by atoms with Gasteiger partial charge in [-0.3, -0.25) is 4.79 Å². The molecule has 1 aromatic carbocycles. The van der Waals surface area contributed by atoms with Crippen molar-refractivity contribution >= 4 is 17.5 Å². The molecule has 0 heterocycles. The Morgan fingerprint density at radius 3 is 2.38 bits per heavy atom. The van der Waals surface area contributed by atoms with Crippen LogP contribution in [0, 0.1) is 5.41 Å². The molecule has 0 aliphatic rings. The van der Waals surface area contributed by atoms with Crippen molar-refractivity contribution in [1.82, 2.24) is 0 Å². The number of rotatable bonds is 3. The Hall–Kier alpha value is -1.02. The molecule has 1 rings (SSSR count). The van der Waals surface area contributed by atoms with Crippen molar-refractivity contribution in [1.29, 1.82) is 0 Å². The lowest BCUT2D eigenvalue weighted by atomic mass is 9.74. The van der Waals surface area contributed by atoms with E-state index in [0.29, 0.717) is 11.4 Å². The predicted octanol–water partition coefficient (Wildman–Crippen LogP) is 3.35. The first-order chi connectivity index (χ1) is 7.32. The quantitative estimate of drug-likeness (QED) is 0.864. The van der Waals surface area contributed by atoms with Crippen molar-refractivity contribution < 1.29 is 4.79 Å². The molecule has 1 atom stereocenters. The van der Waals surface area contributed by atoms with Gasteiger partial charge in [0.1, 0.15) is 0 Å². The maximum Gasteiger partial charge on any atom is 0.218 e. The van der Waals surface area contributed by atoms with Crippen LogP contribution in [0.4, 0.5) is 0 Å². The van der Waals surface area contributed by atoms with Crippen molar-refractivity contribution in [3.05, 3.63) is 34.9 Å². The highest BCUT2D eigenvalue weighted by Crippen LogP contribution is 2.40. The Morgan fingerprint density at radius 2 is 1.94 bits per heavy atom. The fourth-order valence-corrected chi connectivity index (χ4v) is 2.11. The highest BCUT2D eigenvalue weighted by molar-refractivity contribution is 6.31. The molecule has 0 saturated heterocycles. The van der Waals surface area contributed by atoms with Crippen LogP contribution < -0.4 is 5.73 Å². The average Bonchev–Trinajstić information content (AvgIpc) is 2.13. The van der Waals surface area contributed by atoms with E-state index < -0.39 is 0 Å². The number of primary amides is 1. The van der Waals surface area contributed by atoms with E-state index in [9.17, 15) is 4.79 Å². The van der Waals surface area contributed by atoms with Gasteiger partial charge >= 0.3 is 0 Å². The minimum absolute atomic E-state index is 0.0416. The summed E-state index contributed by atoms with van der Waals surface area (Å²) in [6, 6.07) is 7.62. The fraction of sp³-hybridized carbons (Fsp3) is 0.462. The van der Waals surface area contributed by atoms with Crippen LogP contribution in [0.25, 0.3) is 0 Å². The number of carbonyl (C=O) groups excluding carboxylic acids is 1. The van der Waals surface area contributed by atoms with Crippen LogP contribution in [0.5, 0.6) is 0 Å². The summed E-state index contributed by atoms with van der Waals surface area (Å²) in [5.74, 6) is -0.237. The van der Waals surface area contributed by atoms with Crippen LogP contribution >= 0.6 is 11.6 Å². The number of hydrogen-bond acceptors (Lipinski definition) is 1. The topological polar surface area (TPSA) is 43.1 Å². The van der Waals surface area contributed by atoms with Gasteiger partial charge in [0.15, 0.2) is 0 Å². The monoisotopic (exact) mass is 239 g/mol. The highest BCUT2D eigenvalue weighted by Gasteiger charge is 2.29. The standard InChI is InChI=1S/C13H18ClNO/c1-13(2,3)10(8-12(15)16)9-6-4-5-7-11(9)14/h4-7,10H,8H2,1-3H3,(H2,15,16). The van der Waals surface area contributed by atoms with Crippen molar-refractivity contribution in [2.24, 2.45) is 11.1 Å². The van der Waals surface area contributed by atoms with Gasteiger partial charge in [-0.1, -0.05) is 50.6 Å². The molecule has 0 fully saturated rings. The lowest BCUT2D eigenvalue weighted by Gasteiger charge is -2.30. The maximum absolute atomic E-state index is 11.1. The molecule has 1 amide bonds. The zero-order chi connectivity index (χ0) is 12.3. The molecular formula is C13H18ClNO. The Bertz CT molecular complexity index is 382. The van der Waals surface area contributed by atoms with E-state index in [-0.39, 0.29) is 17.2 Å². The number of nitrogens with two attached hydrogens (primary N) is 1. The lowest BCUT2D eigenvalue weighted by molar-refractivity contribution is -0.118. The molecule has 0 spiro atoms. The molecule has 0 saturated carbocycles. The summed E-state index contributed by atoms with van der Waals surface area (Å²) in [5.41, 5.74) is 6.25.